The molecular weight excluding hydrogens is 490 g/mol. The Balaban J connectivity index is 1.78. The van der Waals surface area contributed by atoms with Crippen LogP contribution in [0.15, 0.2) is 115 Å². The number of aldehydes is 1. The molecule has 40 heavy (non-hydrogen) atoms. The molecule has 0 unspecified atom stereocenters. The predicted octanol–water partition coefficient (Wildman–Crippen LogP) is 9.38. The van der Waals surface area contributed by atoms with Gasteiger partial charge in [-0.15, -0.1) is 0 Å². The fourth-order valence-electron chi connectivity index (χ4n) is 5.18. The van der Waals surface area contributed by atoms with Crippen molar-refractivity contribution in [3.63, 3.8) is 0 Å². The summed E-state index contributed by atoms with van der Waals surface area (Å²) >= 11 is 0. The monoisotopic (exact) mass is 525 g/mol. The number of rotatable bonds is 9. The molecule has 0 aliphatic carbocycles. The molecule has 0 heterocycles. The van der Waals surface area contributed by atoms with Crippen LogP contribution in [0, 0.1) is 27.7 Å². The number of fused-ring (bicyclic) bond motifs is 1. The van der Waals surface area contributed by atoms with Crippen LogP contribution in [0.25, 0.3) is 16.8 Å². The van der Waals surface area contributed by atoms with Crippen LogP contribution in [0.1, 0.15) is 34.7 Å². The van der Waals surface area contributed by atoms with Crippen molar-refractivity contribution in [2.45, 2.75) is 34.6 Å². The van der Waals surface area contributed by atoms with Crippen molar-refractivity contribution in [2.75, 3.05) is 4.90 Å². The van der Waals surface area contributed by atoms with Gasteiger partial charge in [0.05, 0.1) is 0 Å². The maximum absolute atomic E-state index is 13.0. The number of carbonyl (C=O) groups is 2. The Bertz CT molecular complexity index is 1620. The first-order valence-corrected chi connectivity index (χ1v) is 13.3. The molecule has 4 aromatic rings. The third-order valence-corrected chi connectivity index (χ3v) is 6.88. The Morgan fingerprint density at radius 3 is 1.70 bits per heavy atom. The van der Waals surface area contributed by atoms with Gasteiger partial charge in [0.1, 0.15) is 0 Å². The van der Waals surface area contributed by atoms with E-state index in [1.54, 1.807) is 6.92 Å². The van der Waals surface area contributed by atoms with Crippen LogP contribution in [0.4, 0.5) is 17.1 Å². The van der Waals surface area contributed by atoms with Gasteiger partial charge in [-0.25, -0.2) is 0 Å². The quantitative estimate of drug-likeness (QED) is 0.124. The van der Waals surface area contributed by atoms with Crippen molar-refractivity contribution in [1.29, 1.82) is 0 Å². The average Bonchev–Trinajstić information content (AvgIpc) is 2.90. The second-order valence-corrected chi connectivity index (χ2v) is 10.4. The summed E-state index contributed by atoms with van der Waals surface area (Å²) in [7, 11) is 0. The summed E-state index contributed by atoms with van der Waals surface area (Å²) in [5, 5.41) is 2.16. The topological polar surface area (TPSA) is 37.4 Å². The lowest BCUT2D eigenvalue weighted by atomic mass is 9.97. The molecule has 4 aromatic carbocycles. The smallest absolute Gasteiger partial charge is 0.189 e. The second kappa shape index (κ2) is 12.0. The fourth-order valence-corrected chi connectivity index (χ4v) is 5.18. The highest BCUT2D eigenvalue weighted by Gasteiger charge is 2.16. The Morgan fingerprint density at radius 2 is 1.20 bits per heavy atom. The van der Waals surface area contributed by atoms with Crippen LogP contribution >= 0.6 is 0 Å². The number of Topliss-reactive ketones (excluding diaryl/α,β-unsaturated/α-hetero) is 1. The molecule has 0 radical (unpaired) electrons. The molecule has 0 bridgehead atoms. The minimum Gasteiger partial charge on any atom is -0.310 e. The van der Waals surface area contributed by atoms with Crippen molar-refractivity contribution in [3.8, 4) is 0 Å². The van der Waals surface area contributed by atoms with Crippen molar-refractivity contribution in [1.82, 2.24) is 0 Å². The van der Waals surface area contributed by atoms with Gasteiger partial charge in [0.25, 0.3) is 0 Å². The number of anilines is 3. The van der Waals surface area contributed by atoms with Crippen molar-refractivity contribution >= 4 is 46.0 Å². The zero-order valence-electron chi connectivity index (χ0n) is 23.9. The van der Waals surface area contributed by atoms with Gasteiger partial charge in [0.15, 0.2) is 12.1 Å². The zero-order valence-corrected chi connectivity index (χ0v) is 23.9. The van der Waals surface area contributed by atoms with Crippen molar-refractivity contribution in [3.05, 3.63) is 143 Å². The summed E-state index contributed by atoms with van der Waals surface area (Å²) in [6, 6.07) is 25.9. The highest BCUT2D eigenvalue weighted by molar-refractivity contribution is 6.15. The minimum absolute atomic E-state index is 0.232. The van der Waals surface area contributed by atoms with Gasteiger partial charge in [0, 0.05) is 28.2 Å². The van der Waals surface area contributed by atoms with E-state index in [9.17, 15) is 9.59 Å². The van der Waals surface area contributed by atoms with E-state index in [1.807, 2.05) is 12.1 Å². The number of benzene rings is 4. The fraction of sp³-hybridized carbons (Fsp3) is 0.135. The largest absolute Gasteiger partial charge is 0.310 e. The molecule has 0 aliphatic rings. The van der Waals surface area contributed by atoms with E-state index in [2.05, 4.69) is 112 Å². The lowest BCUT2D eigenvalue weighted by Crippen LogP contribution is -2.11. The molecule has 0 saturated carbocycles. The first kappa shape index (κ1) is 28.3. The van der Waals surface area contributed by atoms with Gasteiger partial charge in [0.2, 0.25) is 0 Å². The summed E-state index contributed by atoms with van der Waals surface area (Å²) in [4.78, 5) is 26.6. The second-order valence-electron chi connectivity index (χ2n) is 10.4. The number of aryl methyl sites for hydroxylation is 4. The third-order valence-electron chi connectivity index (χ3n) is 6.88. The number of allylic oxidation sites excluding steroid dienone is 5. The van der Waals surface area contributed by atoms with E-state index in [-0.39, 0.29) is 16.9 Å². The SMILES string of the molecule is C=C/C(C=O)=C(\C=C)C(=O)C(C)=Cc1ccc2cc(N(c3cc(C)cc(C)c3)c3cc(C)cc(C)c3)ccc2c1. The van der Waals surface area contributed by atoms with Crippen molar-refractivity contribution < 1.29 is 9.59 Å². The number of hydrogen-bond acceptors (Lipinski definition) is 3. The summed E-state index contributed by atoms with van der Waals surface area (Å²) in [6.45, 7) is 17.6. The van der Waals surface area contributed by atoms with Crippen LogP contribution < -0.4 is 4.90 Å². The van der Waals surface area contributed by atoms with E-state index >= 15 is 0 Å². The maximum Gasteiger partial charge on any atom is 0.189 e. The van der Waals surface area contributed by atoms with E-state index in [4.69, 9.17) is 0 Å². The molecule has 0 aromatic heterocycles. The van der Waals surface area contributed by atoms with Crippen LogP contribution in [0.2, 0.25) is 0 Å². The number of carbonyl (C=O) groups excluding carboxylic acids is 2. The molecule has 200 valence electrons. The summed E-state index contributed by atoms with van der Waals surface area (Å²) in [6.07, 6.45) is 5.25. The predicted molar refractivity (Wildman–Crippen MR) is 170 cm³/mol. The van der Waals surface area contributed by atoms with Gasteiger partial charge in [-0.3, -0.25) is 9.59 Å². The molecule has 3 heteroatoms. The van der Waals surface area contributed by atoms with Gasteiger partial charge in [-0.2, -0.15) is 0 Å². The van der Waals surface area contributed by atoms with E-state index in [0.717, 1.165) is 33.4 Å². The highest BCUT2D eigenvalue weighted by atomic mass is 16.1. The Hall–Kier alpha value is -4.76. The Morgan fingerprint density at radius 1 is 0.675 bits per heavy atom. The van der Waals surface area contributed by atoms with Crippen LogP contribution in [-0.4, -0.2) is 12.1 Å². The van der Waals surface area contributed by atoms with Gasteiger partial charge >= 0.3 is 0 Å². The Kier molecular flexibility index (Phi) is 8.45. The van der Waals surface area contributed by atoms with Crippen LogP contribution in [-0.2, 0) is 9.59 Å². The lowest BCUT2D eigenvalue weighted by Gasteiger charge is -2.27. The molecular formula is C37H35NO2. The first-order chi connectivity index (χ1) is 19.1. The van der Waals surface area contributed by atoms with E-state index < -0.39 is 0 Å². The van der Waals surface area contributed by atoms with E-state index in [1.165, 1.54) is 34.4 Å². The molecule has 3 nitrogen and oxygen atoms in total. The molecule has 0 atom stereocenters. The number of ketones is 1. The molecule has 0 amide bonds. The maximum atomic E-state index is 13.0. The molecule has 4 rings (SSSR count). The third kappa shape index (κ3) is 6.10. The van der Waals surface area contributed by atoms with E-state index in [0.29, 0.717) is 11.9 Å². The van der Waals surface area contributed by atoms with Crippen molar-refractivity contribution in [2.24, 2.45) is 0 Å². The minimum atomic E-state index is -0.245. The average molecular weight is 526 g/mol. The molecule has 0 fully saturated rings. The highest BCUT2D eigenvalue weighted by Crippen LogP contribution is 2.38. The molecule has 0 saturated heterocycles. The summed E-state index contributed by atoms with van der Waals surface area (Å²) in [5.41, 5.74) is 10.1. The molecule has 0 spiro atoms. The van der Waals surface area contributed by atoms with Gasteiger partial charge in [-0.1, -0.05) is 55.6 Å². The normalized spacial score (nSPS) is 12.1. The summed E-state index contributed by atoms with van der Waals surface area (Å²) in [5.74, 6) is -0.245. The zero-order chi connectivity index (χ0) is 29.0. The van der Waals surface area contributed by atoms with Crippen LogP contribution in [0.3, 0.4) is 0 Å². The molecule has 0 aliphatic heterocycles. The van der Waals surface area contributed by atoms with Crippen LogP contribution in [0.5, 0.6) is 0 Å². The first-order valence-electron chi connectivity index (χ1n) is 13.3. The Labute approximate surface area is 237 Å². The van der Waals surface area contributed by atoms with Gasteiger partial charge in [-0.05, 0) is 127 Å². The standard InChI is InChI=1S/C37H35NO2/c1-8-30(23-39)36(9-2)37(40)28(7)20-29-10-11-32-22-33(13-12-31(32)21-29)38(34-16-24(3)14-25(4)17-34)35-18-26(5)15-27(6)19-35/h8-23H,1-2H2,3-7H3/b28-20?,36-30-. The summed E-state index contributed by atoms with van der Waals surface area (Å²) < 4.78 is 0. The number of hydrogen-bond donors (Lipinski definition) is 0. The van der Waals surface area contributed by atoms with Gasteiger partial charge < -0.3 is 4.90 Å². The number of nitrogens with zero attached hydrogens (tertiary/aromatic N) is 1. The molecule has 0 N–H and O–H groups in total. The lowest BCUT2D eigenvalue weighted by molar-refractivity contribution is -0.112.